The van der Waals surface area contributed by atoms with Crippen molar-refractivity contribution < 1.29 is 14.3 Å². The second-order valence-electron chi connectivity index (χ2n) is 11.9. The van der Waals surface area contributed by atoms with E-state index in [0.717, 1.165) is 61.2 Å². The number of aromatic amines is 1. The Morgan fingerprint density at radius 3 is 2.30 bits per heavy atom. The monoisotopic (exact) mass is 595 g/mol. The number of amides is 1. The Morgan fingerprint density at radius 1 is 0.886 bits per heavy atom. The van der Waals surface area contributed by atoms with Gasteiger partial charge in [-0.3, -0.25) is 14.2 Å². The largest absolute Gasteiger partial charge is 0.469 e. The van der Waals surface area contributed by atoms with Gasteiger partial charge in [0.15, 0.2) is 0 Å². The summed E-state index contributed by atoms with van der Waals surface area (Å²) >= 11 is 0. The van der Waals surface area contributed by atoms with Crippen LogP contribution in [-0.2, 0) is 20.9 Å². The minimum Gasteiger partial charge on any atom is -0.469 e. The van der Waals surface area contributed by atoms with Crippen molar-refractivity contribution in [2.75, 3.05) is 38.3 Å². The maximum absolute atomic E-state index is 14.6. The van der Waals surface area contributed by atoms with Crippen LogP contribution < -0.4 is 10.6 Å². The van der Waals surface area contributed by atoms with Gasteiger partial charge in [0, 0.05) is 31.7 Å². The van der Waals surface area contributed by atoms with Gasteiger partial charge in [0.1, 0.15) is 5.54 Å². The van der Waals surface area contributed by atoms with Crippen LogP contribution in [0.15, 0.2) is 89.7 Å². The number of methoxy groups -OCH3 is 1. The van der Waals surface area contributed by atoms with Crippen LogP contribution in [0.5, 0.6) is 0 Å². The van der Waals surface area contributed by atoms with E-state index in [0.29, 0.717) is 32.5 Å². The fourth-order valence-corrected chi connectivity index (χ4v) is 7.04. The molecule has 9 heteroatoms. The molecule has 6 rings (SSSR count). The van der Waals surface area contributed by atoms with Crippen LogP contribution in [0.3, 0.4) is 0 Å². The zero-order chi connectivity index (χ0) is 30.5. The highest BCUT2D eigenvalue weighted by atomic mass is 16.5. The first-order chi connectivity index (χ1) is 21.5. The molecule has 1 spiro atoms. The van der Waals surface area contributed by atoms with E-state index in [4.69, 9.17) is 4.74 Å². The Kier molecular flexibility index (Phi) is 8.84. The zero-order valence-corrected chi connectivity index (χ0v) is 25.4. The molecule has 0 radical (unpaired) electrons. The van der Waals surface area contributed by atoms with Gasteiger partial charge in [-0.2, -0.15) is 0 Å². The molecule has 3 heterocycles. The second-order valence-corrected chi connectivity index (χ2v) is 11.9. The number of hydrogen-bond acceptors (Lipinski definition) is 6. The standard InChI is InChI=1S/C35H41N5O4/c1-44-32(41)19-10-18-30(27-12-4-2-5-13-27)39-26-40(28-14-6-3-7-15-28)35(33(39)42)20-24-37(25-21-35)22-11-23-38-31-17-9-8-16-29(31)36-34(38)43/h2-9,12-17,30H,10-11,18-26H2,1H3,(H,36,43). The van der Waals surface area contributed by atoms with Crippen LogP contribution in [0.1, 0.15) is 50.1 Å². The number of H-pyrrole nitrogens is 1. The number of aryl methyl sites for hydroxylation is 1. The Morgan fingerprint density at radius 2 is 1.57 bits per heavy atom. The third kappa shape index (κ3) is 5.88. The number of nitrogens with one attached hydrogen (secondary N) is 1. The molecule has 1 atom stereocenters. The number of esters is 1. The van der Waals surface area contributed by atoms with Gasteiger partial charge < -0.3 is 24.4 Å². The Balaban J connectivity index is 1.18. The molecule has 2 saturated heterocycles. The van der Waals surface area contributed by atoms with Crippen molar-refractivity contribution in [3.05, 3.63) is 101 Å². The Bertz CT molecular complexity index is 1630. The summed E-state index contributed by atoms with van der Waals surface area (Å²) in [6.07, 6.45) is 3.97. The molecule has 44 heavy (non-hydrogen) atoms. The smallest absolute Gasteiger partial charge is 0.326 e. The first-order valence-corrected chi connectivity index (χ1v) is 15.7. The predicted molar refractivity (Wildman–Crippen MR) is 171 cm³/mol. The summed E-state index contributed by atoms with van der Waals surface area (Å²) in [6, 6.07) is 28.1. The summed E-state index contributed by atoms with van der Waals surface area (Å²) in [5.41, 5.74) is 3.24. The normalized spacial score (nSPS) is 17.4. The van der Waals surface area contributed by atoms with E-state index in [9.17, 15) is 14.4 Å². The number of anilines is 1. The van der Waals surface area contributed by atoms with Gasteiger partial charge in [-0.05, 0) is 68.5 Å². The SMILES string of the molecule is COC(=O)CCCC(c1ccccc1)N1CN(c2ccccc2)C2(CCN(CCCn3c(=O)[nH]c4ccccc43)CC2)C1=O. The van der Waals surface area contributed by atoms with Gasteiger partial charge in [0.25, 0.3) is 5.91 Å². The summed E-state index contributed by atoms with van der Waals surface area (Å²) < 4.78 is 6.70. The minimum absolute atomic E-state index is 0.0708. The van der Waals surface area contributed by atoms with Crippen molar-refractivity contribution in [3.63, 3.8) is 0 Å². The van der Waals surface area contributed by atoms with Crippen LogP contribution in [0, 0.1) is 0 Å². The summed E-state index contributed by atoms with van der Waals surface area (Å²) in [5.74, 6) is -0.0628. The van der Waals surface area contributed by atoms with Gasteiger partial charge in [-0.1, -0.05) is 60.7 Å². The molecule has 0 bridgehead atoms. The van der Waals surface area contributed by atoms with Gasteiger partial charge in [0.05, 0.1) is 30.9 Å². The van der Waals surface area contributed by atoms with Crippen molar-refractivity contribution in [1.29, 1.82) is 0 Å². The fraction of sp³-hybridized carbons (Fsp3) is 0.400. The molecule has 1 N–H and O–H groups in total. The van der Waals surface area contributed by atoms with Crippen molar-refractivity contribution in [3.8, 4) is 0 Å². The Hall–Kier alpha value is -4.37. The lowest BCUT2D eigenvalue weighted by molar-refractivity contribution is -0.140. The molecule has 4 aromatic rings. The number of benzene rings is 3. The number of ether oxygens (including phenoxy) is 1. The minimum atomic E-state index is -0.624. The molecule has 1 amide bonds. The molecular weight excluding hydrogens is 554 g/mol. The van der Waals surface area contributed by atoms with Gasteiger partial charge in [-0.15, -0.1) is 0 Å². The molecule has 2 aliphatic rings. The molecule has 0 aliphatic carbocycles. The lowest BCUT2D eigenvalue weighted by Gasteiger charge is -2.43. The first kappa shape index (κ1) is 29.7. The summed E-state index contributed by atoms with van der Waals surface area (Å²) in [4.78, 5) is 48.8. The van der Waals surface area contributed by atoms with Crippen molar-refractivity contribution in [2.45, 2.75) is 56.7 Å². The Labute approximate surface area is 258 Å². The molecule has 1 unspecified atom stereocenters. The van der Waals surface area contributed by atoms with Crippen molar-refractivity contribution >= 4 is 28.6 Å². The van der Waals surface area contributed by atoms with Gasteiger partial charge in [-0.25, -0.2) is 4.79 Å². The molecule has 0 saturated carbocycles. The number of fused-ring (bicyclic) bond motifs is 1. The second kappa shape index (κ2) is 13.1. The van der Waals surface area contributed by atoms with Crippen LogP contribution in [-0.4, -0.2) is 70.2 Å². The van der Waals surface area contributed by atoms with Crippen LogP contribution >= 0.6 is 0 Å². The van der Waals surface area contributed by atoms with Crippen LogP contribution in [0.2, 0.25) is 0 Å². The summed E-state index contributed by atoms with van der Waals surface area (Å²) in [5, 5.41) is 0. The molecule has 1 aromatic heterocycles. The number of para-hydroxylation sites is 3. The topological polar surface area (TPSA) is 90.9 Å². The maximum atomic E-state index is 14.6. The third-order valence-corrected chi connectivity index (χ3v) is 9.40. The lowest BCUT2D eigenvalue weighted by atomic mass is 9.85. The van der Waals surface area contributed by atoms with Crippen LogP contribution in [0.25, 0.3) is 11.0 Å². The predicted octanol–water partition coefficient (Wildman–Crippen LogP) is 4.95. The van der Waals surface area contributed by atoms with E-state index in [1.807, 2.05) is 70.1 Å². The fourth-order valence-electron chi connectivity index (χ4n) is 7.04. The number of nitrogens with zero attached hydrogens (tertiary/aromatic N) is 4. The molecular formula is C35H41N5O4. The zero-order valence-electron chi connectivity index (χ0n) is 25.4. The lowest BCUT2D eigenvalue weighted by Crippen LogP contribution is -2.56. The molecule has 2 fully saturated rings. The highest BCUT2D eigenvalue weighted by Crippen LogP contribution is 2.43. The van der Waals surface area contributed by atoms with E-state index in [2.05, 4.69) is 39.0 Å². The number of carbonyl (C=O) groups excluding carboxylic acids is 2. The number of likely N-dealkylation sites (tertiary alicyclic amines) is 1. The number of imidazole rings is 1. The van der Waals surface area contributed by atoms with E-state index in [1.165, 1.54) is 7.11 Å². The van der Waals surface area contributed by atoms with Crippen molar-refractivity contribution in [1.82, 2.24) is 19.4 Å². The number of carbonyl (C=O) groups is 2. The van der Waals surface area contributed by atoms with E-state index in [1.54, 1.807) is 0 Å². The summed E-state index contributed by atoms with van der Waals surface area (Å²) in [7, 11) is 1.41. The number of piperidine rings is 1. The highest BCUT2D eigenvalue weighted by Gasteiger charge is 2.55. The quantitative estimate of drug-likeness (QED) is 0.247. The van der Waals surface area contributed by atoms with E-state index < -0.39 is 5.54 Å². The third-order valence-electron chi connectivity index (χ3n) is 9.40. The number of aromatic nitrogens is 2. The molecule has 9 nitrogen and oxygen atoms in total. The van der Waals surface area contributed by atoms with Crippen LogP contribution in [0.4, 0.5) is 5.69 Å². The maximum Gasteiger partial charge on any atom is 0.326 e. The molecule has 230 valence electrons. The van der Waals surface area contributed by atoms with Gasteiger partial charge >= 0.3 is 11.7 Å². The van der Waals surface area contributed by atoms with Gasteiger partial charge in [0.2, 0.25) is 0 Å². The van der Waals surface area contributed by atoms with E-state index >= 15 is 0 Å². The number of hydrogen-bond donors (Lipinski definition) is 1. The van der Waals surface area contributed by atoms with E-state index in [-0.39, 0.29) is 23.6 Å². The number of rotatable bonds is 11. The highest BCUT2D eigenvalue weighted by molar-refractivity contribution is 5.94. The molecule has 3 aromatic carbocycles. The van der Waals surface area contributed by atoms with Crippen molar-refractivity contribution in [2.24, 2.45) is 0 Å². The average molecular weight is 596 g/mol. The summed E-state index contributed by atoms with van der Waals surface area (Å²) in [6.45, 7) is 3.64. The molecule has 2 aliphatic heterocycles. The first-order valence-electron chi connectivity index (χ1n) is 15.7. The average Bonchev–Trinajstić information content (AvgIpc) is 3.53.